The summed E-state index contributed by atoms with van der Waals surface area (Å²) in [5.74, 6) is 1.17. The minimum atomic E-state index is -0.240. The normalized spacial score (nSPS) is 13.1. The second-order valence-electron chi connectivity index (χ2n) is 10.7. The van der Waals surface area contributed by atoms with Crippen molar-refractivity contribution in [1.82, 2.24) is 9.88 Å². The Labute approximate surface area is 235 Å². The first-order chi connectivity index (χ1) is 19.6. The number of hydrogen-bond donors (Lipinski definition) is 1. The minimum absolute atomic E-state index is 0.240. The highest BCUT2D eigenvalue weighted by molar-refractivity contribution is 5.90. The second kappa shape index (κ2) is 11.6. The summed E-state index contributed by atoms with van der Waals surface area (Å²) in [6.07, 6.45) is 3.62. The van der Waals surface area contributed by atoms with E-state index in [4.69, 9.17) is 9.47 Å². The topological polar surface area (TPSA) is 35.4 Å². The lowest BCUT2D eigenvalue weighted by atomic mass is 10.0. The van der Waals surface area contributed by atoms with E-state index in [2.05, 4.69) is 34.1 Å². The second-order valence-corrected chi connectivity index (χ2v) is 10.7. The summed E-state index contributed by atoms with van der Waals surface area (Å²) < 4.78 is 29.9. The Kier molecular flexibility index (Phi) is 7.56. The van der Waals surface area contributed by atoms with Gasteiger partial charge in [-0.05, 0) is 91.4 Å². The van der Waals surface area contributed by atoms with Crippen LogP contribution in [-0.2, 0) is 19.6 Å². The number of nitrogens with one attached hydrogen (secondary N) is 1. The smallest absolute Gasteiger partial charge is 0.156 e. The molecule has 40 heavy (non-hydrogen) atoms. The van der Waals surface area contributed by atoms with Gasteiger partial charge in [-0.25, -0.2) is 4.39 Å². The summed E-state index contributed by atoms with van der Waals surface area (Å²) in [5, 5.41) is 4.13. The Balaban J connectivity index is 1.33. The highest BCUT2D eigenvalue weighted by Crippen LogP contribution is 2.37. The lowest BCUT2D eigenvalue weighted by Gasteiger charge is -2.14. The summed E-state index contributed by atoms with van der Waals surface area (Å²) >= 11 is 0. The molecule has 1 aliphatic rings. The van der Waals surface area contributed by atoms with Crippen LogP contribution in [0.4, 0.5) is 4.39 Å². The zero-order chi connectivity index (χ0) is 27.5. The van der Waals surface area contributed by atoms with Crippen LogP contribution in [0.2, 0.25) is 0 Å². The Morgan fingerprint density at radius 2 is 1.60 bits per heavy atom. The average molecular weight is 535 g/mol. The summed E-state index contributed by atoms with van der Waals surface area (Å²) in [6.45, 7) is 4.00. The van der Waals surface area contributed by atoms with Crippen molar-refractivity contribution in [1.29, 1.82) is 0 Å². The van der Waals surface area contributed by atoms with Crippen molar-refractivity contribution in [2.75, 3.05) is 13.7 Å². The van der Waals surface area contributed by atoms with Crippen LogP contribution >= 0.6 is 0 Å². The van der Waals surface area contributed by atoms with E-state index in [0.717, 1.165) is 52.5 Å². The van der Waals surface area contributed by atoms with Crippen LogP contribution in [0.1, 0.15) is 35.1 Å². The van der Waals surface area contributed by atoms with E-state index in [1.165, 1.54) is 18.4 Å². The third kappa shape index (κ3) is 5.75. The van der Waals surface area contributed by atoms with Crippen LogP contribution in [0.3, 0.4) is 0 Å². The maximum absolute atomic E-state index is 16.3. The lowest BCUT2D eigenvalue weighted by molar-refractivity contribution is 0.306. The number of hydrogen-bond acceptors (Lipinski definition) is 3. The molecule has 1 N–H and O–H groups in total. The molecule has 0 saturated heterocycles. The number of fused-ring (bicyclic) bond motifs is 1. The van der Waals surface area contributed by atoms with Crippen molar-refractivity contribution in [3.63, 3.8) is 0 Å². The fourth-order valence-electron chi connectivity index (χ4n) is 5.28. The molecule has 4 nitrogen and oxygen atoms in total. The summed E-state index contributed by atoms with van der Waals surface area (Å²) in [7, 11) is 1.65. The van der Waals surface area contributed by atoms with Gasteiger partial charge >= 0.3 is 0 Å². The standard InChI is InChI=1S/C35H35FN2O2/c1-24-20-29(39-2)14-16-31(24)35-34(36)32-21-30(40-23-27-6-4-3-5-7-27)15-17-33(32)38(35)22-26-10-8-25(9-11-26)18-19-37-28-12-13-28/h3-11,14-17,20-21,28,37H,12-13,18-19,22-23H2,1-2H3. The van der Waals surface area contributed by atoms with Gasteiger partial charge in [0, 0.05) is 23.5 Å². The molecule has 0 unspecified atom stereocenters. The summed E-state index contributed by atoms with van der Waals surface area (Å²) in [4.78, 5) is 0. The van der Waals surface area contributed by atoms with E-state index < -0.39 is 0 Å². The van der Waals surface area contributed by atoms with Gasteiger partial charge in [0.05, 0.1) is 18.3 Å². The molecule has 1 aliphatic carbocycles. The van der Waals surface area contributed by atoms with Crippen LogP contribution in [0, 0.1) is 12.7 Å². The Hall–Kier alpha value is -4.09. The van der Waals surface area contributed by atoms with Gasteiger partial charge in [0.1, 0.15) is 18.1 Å². The highest BCUT2D eigenvalue weighted by atomic mass is 19.1. The van der Waals surface area contributed by atoms with E-state index in [-0.39, 0.29) is 5.82 Å². The number of halogens is 1. The molecule has 1 heterocycles. The molecule has 0 radical (unpaired) electrons. The first kappa shape index (κ1) is 26.1. The van der Waals surface area contributed by atoms with E-state index in [1.807, 2.05) is 73.7 Å². The van der Waals surface area contributed by atoms with Gasteiger partial charge in [0.25, 0.3) is 0 Å². The van der Waals surface area contributed by atoms with Gasteiger partial charge in [-0.1, -0.05) is 54.6 Å². The molecular weight excluding hydrogens is 499 g/mol. The number of benzene rings is 4. The Bertz CT molecular complexity index is 1600. The fraction of sp³-hybridized carbons (Fsp3) is 0.257. The van der Waals surface area contributed by atoms with Gasteiger partial charge in [-0.3, -0.25) is 0 Å². The molecule has 0 bridgehead atoms. The minimum Gasteiger partial charge on any atom is -0.497 e. The molecular formula is C35H35FN2O2. The van der Waals surface area contributed by atoms with Crippen molar-refractivity contribution in [3.8, 4) is 22.8 Å². The zero-order valence-corrected chi connectivity index (χ0v) is 23.1. The summed E-state index contributed by atoms with van der Waals surface area (Å²) in [5.41, 5.74) is 6.74. The van der Waals surface area contributed by atoms with Crippen LogP contribution in [0.5, 0.6) is 11.5 Å². The Morgan fingerprint density at radius 1 is 0.850 bits per heavy atom. The predicted molar refractivity (Wildman–Crippen MR) is 160 cm³/mol. The van der Waals surface area contributed by atoms with Gasteiger partial charge in [0.15, 0.2) is 5.82 Å². The molecule has 6 rings (SSSR count). The summed E-state index contributed by atoms with van der Waals surface area (Å²) in [6, 6.07) is 31.0. The van der Waals surface area contributed by atoms with Gasteiger partial charge in [-0.2, -0.15) is 0 Å². The molecule has 5 aromatic rings. The third-order valence-electron chi connectivity index (χ3n) is 7.70. The third-order valence-corrected chi connectivity index (χ3v) is 7.70. The average Bonchev–Trinajstić information content (AvgIpc) is 3.78. The number of ether oxygens (including phenoxy) is 2. The van der Waals surface area contributed by atoms with E-state index in [1.54, 1.807) is 7.11 Å². The molecule has 204 valence electrons. The largest absolute Gasteiger partial charge is 0.497 e. The van der Waals surface area contributed by atoms with Crippen molar-refractivity contribution in [2.45, 2.75) is 45.4 Å². The zero-order valence-electron chi connectivity index (χ0n) is 23.1. The first-order valence-corrected chi connectivity index (χ1v) is 14.0. The monoisotopic (exact) mass is 534 g/mol. The number of aromatic nitrogens is 1. The van der Waals surface area contributed by atoms with Crippen LogP contribution in [-0.4, -0.2) is 24.3 Å². The van der Waals surface area contributed by atoms with Crippen molar-refractivity contribution in [3.05, 3.63) is 119 Å². The van der Waals surface area contributed by atoms with Crippen molar-refractivity contribution >= 4 is 10.9 Å². The molecule has 0 aliphatic heterocycles. The fourth-order valence-corrected chi connectivity index (χ4v) is 5.28. The molecule has 4 aromatic carbocycles. The Morgan fingerprint density at radius 3 is 2.33 bits per heavy atom. The van der Waals surface area contributed by atoms with Crippen LogP contribution < -0.4 is 14.8 Å². The molecule has 0 spiro atoms. The number of methoxy groups -OCH3 is 1. The molecule has 1 fully saturated rings. The quantitative estimate of drug-likeness (QED) is 0.189. The molecule has 0 amide bonds. The van der Waals surface area contributed by atoms with Gasteiger partial charge in [-0.15, -0.1) is 0 Å². The maximum Gasteiger partial charge on any atom is 0.156 e. The number of aryl methyl sites for hydroxylation is 1. The predicted octanol–water partition coefficient (Wildman–Crippen LogP) is 7.69. The number of rotatable bonds is 11. The van der Waals surface area contributed by atoms with Crippen LogP contribution in [0.15, 0.2) is 91.0 Å². The molecule has 1 saturated carbocycles. The van der Waals surface area contributed by atoms with Crippen molar-refractivity contribution in [2.24, 2.45) is 0 Å². The SMILES string of the molecule is COc1ccc(-c2c(F)c3cc(OCc4ccccc4)ccc3n2Cc2ccc(CCNC3CC3)cc2)c(C)c1. The molecule has 5 heteroatoms. The first-order valence-electron chi connectivity index (χ1n) is 14.0. The van der Waals surface area contributed by atoms with E-state index in [9.17, 15) is 0 Å². The van der Waals surface area contributed by atoms with Gasteiger partial charge in [0.2, 0.25) is 0 Å². The number of nitrogens with zero attached hydrogens (tertiary/aromatic N) is 1. The van der Waals surface area contributed by atoms with E-state index >= 15 is 4.39 Å². The van der Waals surface area contributed by atoms with Crippen molar-refractivity contribution < 1.29 is 13.9 Å². The highest BCUT2D eigenvalue weighted by Gasteiger charge is 2.22. The molecule has 1 aromatic heterocycles. The lowest BCUT2D eigenvalue weighted by Crippen LogP contribution is -2.19. The van der Waals surface area contributed by atoms with E-state index in [0.29, 0.717) is 30.0 Å². The molecule has 0 atom stereocenters. The van der Waals surface area contributed by atoms with Gasteiger partial charge < -0.3 is 19.4 Å². The van der Waals surface area contributed by atoms with Crippen LogP contribution in [0.25, 0.3) is 22.2 Å². The maximum atomic E-state index is 16.3.